The predicted molar refractivity (Wildman–Crippen MR) is 107 cm³/mol. The Morgan fingerprint density at radius 2 is 1.93 bits per heavy atom. The van der Waals surface area contributed by atoms with Gasteiger partial charge in [0.25, 0.3) is 5.56 Å². The van der Waals surface area contributed by atoms with Crippen LogP contribution >= 0.6 is 0 Å². The van der Waals surface area contributed by atoms with Gasteiger partial charge >= 0.3 is 0 Å². The van der Waals surface area contributed by atoms with Crippen molar-refractivity contribution in [3.63, 3.8) is 0 Å². The first kappa shape index (κ1) is 17.0. The number of fused-ring (bicyclic) bond motifs is 2. The number of aromatic nitrogens is 3. The van der Waals surface area contributed by atoms with Gasteiger partial charge < -0.3 is 10.3 Å². The molecule has 0 fully saturated rings. The van der Waals surface area contributed by atoms with Gasteiger partial charge in [-0.25, -0.2) is 4.68 Å². The van der Waals surface area contributed by atoms with Crippen molar-refractivity contribution in [1.82, 2.24) is 14.8 Å². The Morgan fingerprint density at radius 1 is 1.15 bits per heavy atom. The molecule has 0 aliphatic heterocycles. The molecule has 0 aliphatic rings. The Balaban J connectivity index is 1.66. The molecule has 4 rings (SSSR count). The van der Waals surface area contributed by atoms with Crippen molar-refractivity contribution in [2.45, 2.75) is 26.3 Å². The first-order chi connectivity index (χ1) is 13.0. The van der Waals surface area contributed by atoms with E-state index >= 15 is 0 Å². The van der Waals surface area contributed by atoms with E-state index in [-0.39, 0.29) is 23.9 Å². The number of amides is 1. The number of anilines is 1. The van der Waals surface area contributed by atoms with Gasteiger partial charge in [0.05, 0.1) is 23.5 Å². The number of hydrogen-bond acceptors (Lipinski definition) is 3. The van der Waals surface area contributed by atoms with Crippen molar-refractivity contribution in [1.29, 1.82) is 0 Å². The maximum Gasteiger partial charge on any atom is 0.274 e. The quantitative estimate of drug-likeness (QED) is 0.583. The van der Waals surface area contributed by atoms with E-state index in [0.29, 0.717) is 11.1 Å². The minimum absolute atomic E-state index is 0.0841. The third-order valence-corrected chi connectivity index (χ3v) is 4.56. The normalized spacial score (nSPS) is 11.4. The van der Waals surface area contributed by atoms with Gasteiger partial charge in [-0.15, -0.1) is 0 Å². The number of rotatable bonds is 4. The lowest BCUT2D eigenvalue weighted by Gasteiger charge is -2.13. The summed E-state index contributed by atoms with van der Waals surface area (Å²) in [6, 6.07) is 14.9. The Kier molecular flexibility index (Phi) is 4.24. The van der Waals surface area contributed by atoms with Crippen molar-refractivity contribution in [3.05, 3.63) is 70.8 Å². The van der Waals surface area contributed by atoms with Crippen LogP contribution in [0.15, 0.2) is 59.5 Å². The highest BCUT2D eigenvalue weighted by Gasteiger charge is 2.15. The zero-order valence-corrected chi connectivity index (χ0v) is 15.2. The highest BCUT2D eigenvalue weighted by Crippen LogP contribution is 2.19. The van der Waals surface area contributed by atoms with Crippen LogP contribution in [-0.4, -0.2) is 20.7 Å². The molecule has 0 saturated heterocycles. The summed E-state index contributed by atoms with van der Waals surface area (Å²) in [6.07, 6.45) is 1.96. The molecule has 136 valence electrons. The van der Waals surface area contributed by atoms with Crippen molar-refractivity contribution in [2.24, 2.45) is 0 Å². The molecule has 27 heavy (non-hydrogen) atoms. The maximum atomic E-state index is 12.6. The van der Waals surface area contributed by atoms with Crippen LogP contribution in [0.3, 0.4) is 0 Å². The van der Waals surface area contributed by atoms with Crippen LogP contribution < -0.4 is 10.9 Å². The monoisotopic (exact) mass is 360 g/mol. The van der Waals surface area contributed by atoms with E-state index in [1.807, 2.05) is 62.5 Å². The summed E-state index contributed by atoms with van der Waals surface area (Å²) in [5.74, 6) is -0.174. The van der Waals surface area contributed by atoms with Gasteiger partial charge in [-0.05, 0) is 43.5 Å². The molecule has 0 unspecified atom stereocenters. The van der Waals surface area contributed by atoms with Crippen molar-refractivity contribution in [3.8, 4) is 0 Å². The van der Waals surface area contributed by atoms with Crippen molar-refractivity contribution < 1.29 is 4.79 Å². The van der Waals surface area contributed by atoms with E-state index < -0.39 is 0 Å². The van der Waals surface area contributed by atoms with Crippen LogP contribution in [0.4, 0.5) is 5.69 Å². The third-order valence-electron chi connectivity index (χ3n) is 4.56. The fourth-order valence-corrected chi connectivity index (χ4v) is 3.24. The molecule has 6 nitrogen and oxygen atoms in total. The largest absolute Gasteiger partial charge is 0.361 e. The zero-order chi connectivity index (χ0) is 19.0. The first-order valence-corrected chi connectivity index (χ1v) is 8.90. The molecular weight excluding hydrogens is 340 g/mol. The smallest absolute Gasteiger partial charge is 0.274 e. The number of carbonyl (C=O) groups excluding carboxylic acids is 1. The Hall–Kier alpha value is -3.41. The fraction of sp³-hybridized carbons (Fsp3) is 0.190. The molecule has 0 atom stereocenters. The molecule has 0 spiro atoms. The van der Waals surface area contributed by atoms with Gasteiger partial charge in [0, 0.05) is 22.8 Å². The summed E-state index contributed by atoms with van der Waals surface area (Å²) >= 11 is 0. The van der Waals surface area contributed by atoms with Gasteiger partial charge in [0.1, 0.15) is 0 Å². The number of hydrogen-bond donors (Lipinski definition) is 2. The van der Waals surface area contributed by atoms with Crippen LogP contribution in [0.25, 0.3) is 21.7 Å². The third kappa shape index (κ3) is 3.21. The summed E-state index contributed by atoms with van der Waals surface area (Å²) in [5, 5.41) is 9.76. The molecule has 0 saturated carbocycles. The van der Waals surface area contributed by atoms with Gasteiger partial charge in [0.2, 0.25) is 5.91 Å². The highest BCUT2D eigenvalue weighted by molar-refractivity contribution is 5.96. The van der Waals surface area contributed by atoms with Crippen LogP contribution in [0.1, 0.15) is 25.6 Å². The SMILES string of the molecule is CC(C)n1nc(CC(=O)Nc2ccc3cc[nH]c3c2)c2ccccc2c1=O. The van der Waals surface area contributed by atoms with Crippen molar-refractivity contribution >= 4 is 33.3 Å². The highest BCUT2D eigenvalue weighted by atomic mass is 16.1. The fourth-order valence-electron chi connectivity index (χ4n) is 3.24. The molecular formula is C21H20N4O2. The summed E-state index contributed by atoms with van der Waals surface area (Å²) in [7, 11) is 0. The Labute approximate surface area is 155 Å². The van der Waals surface area contributed by atoms with Gasteiger partial charge in [-0.1, -0.05) is 24.3 Å². The number of nitrogens with zero attached hydrogens (tertiary/aromatic N) is 2. The van der Waals surface area contributed by atoms with Gasteiger partial charge in [-0.3, -0.25) is 9.59 Å². The average Bonchev–Trinajstić information content (AvgIpc) is 3.11. The summed E-state index contributed by atoms with van der Waals surface area (Å²) in [5.41, 5.74) is 2.14. The number of benzene rings is 2. The second kappa shape index (κ2) is 6.72. The second-order valence-electron chi connectivity index (χ2n) is 6.84. The first-order valence-electron chi connectivity index (χ1n) is 8.90. The Bertz CT molecular complexity index is 1200. The zero-order valence-electron chi connectivity index (χ0n) is 15.2. The lowest BCUT2D eigenvalue weighted by atomic mass is 10.1. The molecule has 4 aromatic rings. The maximum absolute atomic E-state index is 12.6. The predicted octanol–water partition coefficient (Wildman–Crippen LogP) is 3.64. The summed E-state index contributed by atoms with van der Waals surface area (Å²) in [4.78, 5) is 28.3. The molecule has 6 heteroatoms. The minimum Gasteiger partial charge on any atom is -0.361 e. The molecule has 2 aromatic carbocycles. The Morgan fingerprint density at radius 3 is 2.70 bits per heavy atom. The number of carbonyl (C=O) groups is 1. The van der Waals surface area contributed by atoms with Crippen LogP contribution in [-0.2, 0) is 11.2 Å². The number of aromatic amines is 1. The molecule has 2 N–H and O–H groups in total. The molecule has 0 bridgehead atoms. The van der Waals surface area contributed by atoms with Crippen molar-refractivity contribution in [2.75, 3.05) is 5.32 Å². The topological polar surface area (TPSA) is 79.8 Å². The molecule has 2 aromatic heterocycles. The lowest BCUT2D eigenvalue weighted by Crippen LogP contribution is -2.27. The molecule has 0 aliphatic carbocycles. The summed E-state index contributed by atoms with van der Waals surface area (Å²) in [6.45, 7) is 3.80. The van der Waals surface area contributed by atoms with E-state index in [9.17, 15) is 9.59 Å². The van der Waals surface area contributed by atoms with Crippen LogP contribution in [0.2, 0.25) is 0 Å². The average molecular weight is 360 g/mol. The standard InChI is InChI=1S/C21H20N4O2/c1-13(2)25-21(27)17-6-4-3-5-16(17)19(24-25)12-20(26)23-15-8-7-14-9-10-22-18(14)11-15/h3-11,13,22H,12H2,1-2H3,(H,23,26). The van der Waals surface area contributed by atoms with E-state index in [0.717, 1.165) is 22.0 Å². The number of nitrogens with one attached hydrogen (secondary N) is 2. The van der Waals surface area contributed by atoms with E-state index in [2.05, 4.69) is 15.4 Å². The van der Waals surface area contributed by atoms with Crippen LogP contribution in [0, 0.1) is 0 Å². The van der Waals surface area contributed by atoms with Crippen LogP contribution in [0.5, 0.6) is 0 Å². The lowest BCUT2D eigenvalue weighted by molar-refractivity contribution is -0.115. The van der Waals surface area contributed by atoms with E-state index in [4.69, 9.17) is 0 Å². The molecule has 2 heterocycles. The van der Waals surface area contributed by atoms with E-state index in [1.165, 1.54) is 4.68 Å². The molecule has 0 radical (unpaired) electrons. The van der Waals surface area contributed by atoms with E-state index in [1.54, 1.807) is 6.07 Å². The minimum atomic E-state index is -0.174. The second-order valence-corrected chi connectivity index (χ2v) is 6.84. The molecule has 1 amide bonds. The summed E-state index contributed by atoms with van der Waals surface area (Å²) < 4.78 is 1.44. The number of H-pyrrole nitrogens is 1. The van der Waals surface area contributed by atoms with Gasteiger partial charge in [0.15, 0.2) is 0 Å². The van der Waals surface area contributed by atoms with Gasteiger partial charge in [-0.2, -0.15) is 5.10 Å².